The van der Waals surface area contributed by atoms with Crippen LogP contribution in [0.5, 0.6) is 0 Å². The summed E-state index contributed by atoms with van der Waals surface area (Å²) in [6, 6.07) is 8.07. The fourth-order valence-corrected chi connectivity index (χ4v) is 2.00. The zero-order chi connectivity index (χ0) is 11.4. The number of halogens is 1. The highest BCUT2D eigenvalue weighted by molar-refractivity contribution is 7.99. The van der Waals surface area contributed by atoms with Crippen LogP contribution in [-0.2, 0) is 0 Å². The minimum atomic E-state index is -0.512. The van der Waals surface area contributed by atoms with Crippen LogP contribution >= 0.6 is 11.8 Å². The Morgan fingerprint density at radius 3 is 2.88 bits per heavy atom. The van der Waals surface area contributed by atoms with E-state index in [-0.39, 0.29) is 5.56 Å². The zero-order valence-electron chi connectivity index (χ0n) is 8.09. The first-order valence-corrected chi connectivity index (χ1v) is 5.25. The third kappa shape index (κ3) is 2.18. The fraction of sp³-hybridized carbons (Fsp3) is 0. The van der Waals surface area contributed by atoms with E-state index < -0.39 is 5.82 Å². The summed E-state index contributed by atoms with van der Waals surface area (Å²) < 4.78 is 13.3. The van der Waals surface area contributed by atoms with Gasteiger partial charge in [-0.3, -0.25) is 0 Å². The van der Waals surface area contributed by atoms with Crippen LogP contribution in [0.3, 0.4) is 0 Å². The smallest absolute Gasteiger partial charge is 0.142 e. The molecule has 0 bridgehead atoms. The molecule has 2 rings (SSSR count). The lowest BCUT2D eigenvalue weighted by Crippen LogP contribution is -1.88. The summed E-state index contributed by atoms with van der Waals surface area (Å²) in [4.78, 5) is 8.34. The van der Waals surface area contributed by atoms with Gasteiger partial charge in [-0.05, 0) is 18.2 Å². The summed E-state index contributed by atoms with van der Waals surface area (Å²) in [6.07, 6.45) is 3.01. The lowest BCUT2D eigenvalue weighted by molar-refractivity contribution is 0.620. The second-order valence-corrected chi connectivity index (χ2v) is 3.94. The van der Waals surface area contributed by atoms with E-state index in [0.29, 0.717) is 9.92 Å². The highest BCUT2D eigenvalue weighted by atomic mass is 32.2. The number of nitrogens with zero attached hydrogens (tertiary/aromatic N) is 3. The Morgan fingerprint density at radius 2 is 2.19 bits per heavy atom. The number of hydrogen-bond donors (Lipinski definition) is 0. The molecule has 0 atom stereocenters. The monoisotopic (exact) mass is 231 g/mol. The van der Waals surface area contributed by atoms with Gasteiger partial charge in [0, 0.05) is 11.1 Å². The first-order valence-electron chi connectivity index (χ1n) is 4.44. The maximum atomic E-state index is 13.3. The maximum Gasteiger partial charge on any atom is 0.142 e. The van der Waals surface area contributed by atoms with Crippen LogP contribution in [0.25, 0.3) is 0 Å². The summed E-state index contributed by atoms with van der Waals surface area (Å²) in [6.45, 7) is 0. The van der Waals surface area contributed by atoms with Crippen LogP contribution < -0.4 is 0 Å². The van der Waals surface area contributed by atoms with Crippen LogP contribution in [0, 0.1) is 17.1 Å². The second kappa shape index (κ2) is 4.73. The van der Waals surface area contributed by atoms with Gasteiger partial charge in [-0.1, -0.05) is 17.8 Å². The lowest BCUT2D eigenvalue weighted by atomic mass is 10.2. The molecule has 1 heterocycles. The van der Waals surface area contributed by atoms with Gasteiger partial charge in [-0.25, -0.2) is 14.4 Å². The molecule has 78 valence electrons. The molecule has 5 heteroatoms. The number of aromatic nitrogens is 2. The Labute approximate surface area is 96.0 Å². The molecule has 0 radical (unpaired) electrons. The van der Waals surface area contributed by atoms with E-state index in [1.165, 1.54) is 24.2 Å². The van der Waals surface area contributed by atoms with Crippen molar-refractivity contribution in [2.24, 2.45) is 0 Å². The summed E-state index contributed by atoms with van der Waals surface area (Å²) in [7, 11) is 0. The molecule has 0 amide bonds. The third-order valence-corrected chi connectivity index (χ3v) is 2.87. The number of benzene rings is 1. The molecule has 0 spiro atoms. The predicted molar refractivity (Wildman–Crippen MR) is 57.3 cm³/mol. The highest BCUT2D eigenvalue weighted by Crippen LogP contribution is 2.29. The van der Waals surface area contributed by atoms with Gasteiger partial charge in [0.05, 0.1) is 0 Å². The standard InChI is InChI=1S/C11H6FN3S/c12-9-2-1-3-10(8(9)6-13)16-11-4-5-14-7-15-11/h1-5,7H. The van der Waals surface area contributed by atoms with Gasteiger partial charge in [0.15, 0.2) is 0 Å². The van der Waals surface area contributed by atoms with Gasteiger partial charge < -0.3 is 0 Å². The van der Waals surface area contributed by atoms with Crippen molar-refractivity contribution in [1.82, 2.24) is 9.97 Å². The minimum Gasteiger partial charge on any atom is -0.245 e. The van der Waals surface area contributed by atoms with Gasteiger partial charge in [-0.15, -0.1) is 0 Å². The second-order valence-electron chi connectivity index (χ2n) is 2.87. The Hall–Kier alpha value is -1.93. The first-order chi connectivity index (χ1) is 7.81. The third-order valence-electron chi connectivity index (χ3n) is 1.86. The maximum absolute atomic E-state index is 13.3. The van der Waals surface area contributed by atoms with E-state index in [1.54, 1.807) is 24.4 Å². The van der Waals surface area contributed by atoms with Gasteiger partial charge in [0.25, 0.3) is 0 Å². The van der Waals surface area contributed by atoms with Crippen LogP contribution in [0.2, 0.25) is 0 Å². The van der Waals surface area contributed by atoms with Crippen molar-refractivity contribution in [2.75, 3.05) is 0 Å². The molecule has 0 unspecified atom stereocenters. The fourth-order valence-electron chi connectivity index (χ4n) is 1.15. The van der Waals surface area contributed by atoms with Crippen LogP contribution in [0.15, 0.2) is 46.7 Å². The average Bonchev–Trinajstić information content (AvgIpc) is 2.31. The molecular weight excluding hydrogens is 225 g/mol. The van der Waals surface area contributed by atoms with Gasteiger partial charge in [0.1, 0.15) is 28.8 Å². The van der Waals surface area contributed by atoms with Crippen molar-refractivity contribution in [1.29, 1.82) is 5.26 Å². The molecule has 16 heavy (non-hydrogen) atoms. The van der Waals surface area contributed by atoms with Gasteiger partial charge in [0.2, 0.25) is 0 Å². The molecular formula is C11H6FN3S. The molecule has 1 aromatic carbocycles. The summed E-state index contributed by atoms with van der Waals surface area (Å²) >= 11 is 1.24. The Kier molecular flexibility index (Phi) is 3.13. The molecule has 2 aromatic rings. The molecule has 0 aliphatic heterocycles. The van der Waals surface area contributed by atoms with E-state index in [0.717, 1.165) is 0 Å². The Balaban J connectivity index is 2.36. The lowest BCUT2D eigenvalue weighted by Gasteiger charge is -2.02. The first kappa shape index (κ1) is 10.6. The average molecular weight is 231 g/mol. The molecule has 0 aliphatic rings. The SMILES string of the molecule is N#Cc1c(F)cccc1Sc1ccncn1. The molecule has 3 nitrogen and oxygen atoms in total. The van der Waals surface area contributed by atoms with E-state index in [9.17, 15) is 4.39 Å². The zero-order valence-corrected chi connectivity index (χ0v) is 8.91. The highest BCUT2D eigenvalue weighted by Gasteiger charge is 2.09. The van der Waals surface area contributed by atoms with Gasteiger partial charge >= 0.3 is 0 Å². The number of nitriles is 1. The van der Waals surface area contributed by atoms with E-state index in [1.807, 2.05) is 6.07 Å². The molecule has 0 N–H and O–H groups in total. The minimum absolute atomic E-state index is 0.0473. The van der Waals surface area contributed by atoms with Crippen molar-refractivity contribution in [3.63, 3.8) is 0 Å². The molecule has 0 saturated carbocycles. The number of hydrogen-bond acceptors (Lipinski definition) is 4. The van der Waals surface area contributed by atoms with Crippen molar-refractivity contribution in [2.45, 2.75) is 9.92 Å². The van der Waals surface area contributed by atoms with Crippen molar-refractivity contribution < 1.29 is 4.39 Å². The van der Waals surface area contributed by atoms with Crippen LogP contribution in [-0.4, -0.2) is 9.97 Å². The van der Waals surface area contributed by atoms with Crippen molar-refractivity contribution in [3.8, 4) is 6.07 Å². The summed E-state index contributed by atoms with van der Waals surface area (Å²) in [5, 5.41) is 9.52. The topological polar surface area (TPSA) is 49.6 Å². The Morgan fingerprint density at radius 1 is 1.31 bits per heavy atom. The quantitative estimate of drug-likeness (QED) is 0.745. The molecule has 0 aliphatic carbocycles. The van der Waals surface area contributed by atoms with E-state index in [2.05, 4.69) is 9.97 Å². The molecule has 0 fully saturated rings. The predicted octanol–water partition coefficient (Wildman–Crippen LogP) is 2.64. The largest absolute Gasteiger partial charge is 0.245 e. The van der Waals surface area contributed by atoms with E-state index in [4.69, 9.17) is 5.26 Å². The molecule has 0 saturated heterocycles. The molecule has 1 aromatic heterocycles. The van der Waals surface area contributed by atoms with Crippen LogP contribution in [0.1, 0.15) is 5.56 Å². The summed E-state index contributed by atoms with van der Waals surface area (Å²) in [5.41, 5.74) is 0.0473. The number of rotatable bonds is 2. The van der Waals surface area contributed by atoms with Crippen molar-refractivity contribution in [3.05, 3.63) is 48.2 Å². The summed E-state index contributed by atoms with van der Waals surface area (Å²) in [5.74, 6) is -0.512. The van der Waals surface area contributed by atoms with E-state index >= 15 is 0 Å². The van der Waals surface area contributed by atoms with Crippen LogP contribution in [0.4, 0.5) is 4.39 Å². The van der Waals surface area contributed by atoms with Gasteiger partial charge in [-0.2, -0.15) is 5.26 Å². The van der Waals surface area contributed by atoms with Crippen molar-refractivity contribution >= 4 is 11.8 Å². The normalized spacial score (nSPS) is 9.75. The Bertz CT molecular complexity index is 537.